The average Bonchev–Trinajstić information content (AvgIpc) is 2.67. The van der Waals surface area contributed by atoms with Gasteiger partial charge in [-0.3, -0.25) is 4.90 Å². The first-order chi connectivity index (χ1) is 13.0. The molecule has 152 valence electrons. The fourth-order valence-electron chi connectivity index (χ4n) is 3.22. The number of rotatable bonds is 8. The van der Waals surface area contributed by atoms with Gasteiger partial charge in [-0.2, -0.15) is 0 Å². The van der Waals surface area contributed by atoms with E-state index in [0.717, 1.165) is 61.1 Å². The van der Waals surface area contributed by atoms with E-state index in [0.29, 0.717) is 18.5 Å². The molecule has 1 atom stereocenters. The van der Waals surface area contributed by atoms with Crippen LogP contribution in [0.25, 0.3) is 0 Å². The number of ether oxygens (including phenoxy) is 2. The predicted octanol–water partition coefficient (Wildman–Crippen LogP) is 2.87. The van der Waals surface area contributed by atoms with Gasteiger partial charge in [-0.25, -0.2) is 4.99 Å². The first kappa shape index (κ1) is 22.0. The van der Waals surface area contributed by atoms with Crippen LogP contribution in [0, 0.1) is 5.92 Å². The molecule has 0 amide bonds. The Bertz CT molecular complexity index is 604. The van der Waals surface area contributed by atoms with Gasteiger partial charge in [0, 0.05) is 32.2 Å². The summed E-state index contributed by atoms with van der Waals surface area (Å²) in [6.07, 6.45) is 0. The van der Waals surface area contributed by atoms with E-state index in [1.807, 2.05) is 12.1 Å². The van der Waals surface area contributed by atoms with Crippen LogP contribution in [0.15, 0.2) is 27.7 Å². The van der Waals surface area contributed by atoms with Gasteiger partial charge in [0.25, 0.3) is 0 Å². The lowest BCUT2D eigenvalue weighted by Crippen LogP contribution is -2.52. The fourth-order valence-corrected chi connectivity index (χ4v) is 3.81. The molecule has 1 aromatic carbocycles. The van der Waals surface area contributed by atoms with Gasteiger partial charge in [-0.1, -0.05) is 19.9 Å². The summed E-state index contributed by atoms with van der Waals surface area (Å²) in [7, 11) is 1.67. The van der Waals surface area contributed by atoms with E-state index >= 15 is 0 Å². The van der Waals surface area contributed by atoms with E-state index in [2.05, 4.69) is 58.3 Å². The van der Waals surface area contributed by atoms with Crippen LogP contribution in [0.3, 0.4) is 0 Å². The largest absolute Gasteiger partial charge is 0.496 e. The molecule has 1 unspecified atom stereocenters. The van der Waals surface area contributed by atoms with Crippen molar-refractivity contribution in [2.24, 2.45) is 10.9 Å². The number of nitrogens with one attached hydrogen (secondary N) is 2. The van der Waals surface area contributed by atoms with Crippen molar-refractivity contribution in [1.29, 1.82) is 0 Å². The maximum Gasteiger partial charge on any atom is 0.191 e. The van der Waals surface area contributed by atoms with Gasteiger partial charge < -0.3 is 20.1 Å². The number of hydrogen-bond donors (Lipinski definition) is 2. The maximum atomic E-state index is 5.50. The standard InChI is InChI=1S/C20H33BrN4O2/c1-5-22-20(23-13-16-6-7-19(26-4)17(21)12-16)24-14-18(15(2)3)25-8-10-27-11-9-25/h6-7,12,15,18H,5,8-11,13-14H2,1-4H3,(H2,22,23,24). The zero-order valence-corrected chi connectivity index (χ0v) is 18.5. The summed E-state index contributed by atoms with van der Waals surface area (Å²) in [6.45, 7) is 12.6. The average molecular weight is 441 g/mol. The highest BCUT2D eigenvalue weighted by Crippen LogP contribution is 2.25. The molecular formula is C20H33BrN4O2. The van der Waals surface area contributed by atoms with Crippen LogP contribution in [0.5, 0.6) is 5.75 Å². The van der Waals surface area contributed by atoms with E-state index < -0.39 is 0 Å². The highest BCUT2D eigenvalue weighted by Gasteiger charge is 2.23. The Kier molecular flexibility index (Phi) is 9.38. The third-order valence-electron chi connectivity index (χ3n) is 4.74. The second-order valence-electron chi connectivity index (χ2n) is 7.00. The number of benzene rings is 1. The van der Waals surface area contributed by atoms with Crippen LogP contribution in [-0.2, 0) is 11.3 Å². The Labute approximate surface area is 171 Å². The first-order valence-electron chi connectivity index (χ1n) is 9.71. The predicted molar refractivity (Wildman–Crippen MR) is 115 cm³/mol. The lowest BCUT2D eigenvalue weighted by molar-refractivity contribution is 0.00752. The van der Waals surface area contributed by atoms with Crippen molar-refractivity contribution in [3.05, 3.63) is 28.2 Å². The highest BCUT2D eigenvalue weighted by atomic mass is 79.9. The number of aliphatic imine (C=N–C) groups is 1. The summed E-state index contributed by atoms with van der Waals surface area (Å²) in [5, 5.41) is 6.87. The highest BCUT2D eigenvalue weighted by molar-refractivity contribution is 9.10. The van der Waals surface area contributed by atoms with Crippen molar-refractivity contribution in [1.82, 2.24) is 15.5 Å². The summed E-state index contributed by atoms with van der Waals surface area (Å²) < 4.78 is 11.7. The zero-order valence-electron chi connectivity index (χ0n) is 16.9. The number of guanidine groups is 1. The molecule has 1 heterocycles. The first-order valence-corrected chi connectivity index (χ1v) is 10.5. The monoisotopic (exact) mass is 440 g/mol. The molecule has 0 spiro atoms. The second-order valence-corrected chi connectivity index (χ2v) is 7.86. The number of halogens is 1. The van der Waals surface area contributed by atoms with Gasteiger partial charge >= 0.3 is 0 Å². The van der Waals surface area contributed by atoms with E-state index in [4.69, 9.17) is 14.5 Å². The van der Waals surface area contributed by atoms with Crippen LogP contribution in [-0.4, -0.2) is 63.4 Å². The second kappa shape index (κ2) is 11.5. The molecule has 6 nitrogen and oxygen atoms in total. The van der Waals surface area contributed by atoms with E-state index in [1.54, 1.807) is 7.11 Å². The Balaban J connectivity index is 1.98. The number of morpholine rings is 1. The Morgan fingerprint density at radius 3 is 2.63 bits per heavy atom. The molecule has 1 aliphatic rings. The minimum absolute atomic E-state index is 0.466. The summed E-state index contributed by atoms with van der Waals surface area (Å²) in [6, 6.07) is 6.52. The van der Waals surface area contributed by atoms with Gasteiger partial charge in [0.2, 0.25) is 0 Å². The molecule has 7 heteroatoms. The zero-order chi connectivity index (χ0) is 19.6. The van der Waals surface area contributed by atoms with Crippen LogP contribution in [0.4, 0.5) is 0 Å². The van der Waals surface area contributed by atoms with Crippen LogP contribution in [0.1, 0.15) is 26.3 Å². The Hall–Kier alpha value is -1.31. The van der Waals surface area contributed by atoms with Gasteiger partial charge in [0.15, 0.2) is 5.96 Å². The van der Waals surface area contributed by atoms with Gasteiger partial charge in [-0.15, -0.1) is 0 Å². The summed E-state index contributed by atoms with van der Waals surface area (Å²) in [4.78, 5) is 7.27. The van der Waals surface area contributed by atoms with Gasteiger partial charge in [-0.05, 0) is 46.5 Å². The fraction of sp³-hybridized carbons (Fsp3) is 0.650. The number of hydrogen-bond acceptors (Lipinski definition) is 4. The molecule has 0 bridgehead atoms. The van der Waals surface area contributed by atoms with Crippen LogP contribution < -0.4 is 15.4 Å². The molecule has 0 aromatic heterocycles. The van der Waals surface area contributed by atoms with Crippen LogP contribution in [0.2, 0.25) is 0 Å². The molecule has 0 aliphatic carbocycles. The SMILES string of the molecule is CCNC(=NCc1ccc(OC)c(Br)c1)NCC(C(C)C)N1CCOCC1. The van der Waals surface area contributed by atoms with Gasteiger partial charge in [0.05, 0.1) is 31.3 Å². The van der Waals surface area contributed by atoms with Crippen LogP contribution >= 0.6 is 15.9 Å². The third kappa shape index (κ3) is 6.97. The van der Waals surface area contributed by atoms with E-state index in [9.17, 15) is 0 Å². The van der Waals surface area contributed by atoms with Crippen molar-refractivity contribution in [2.75, 3.05) is 46.5 Å². The molecule has 2 rings (SSSR count). The van der Waals surface area contributed by atoms with Crippen molar-refractivity contribution >= 4 is 21.9 Å². The number of nitrogens with zero attached hydrogens (tertiary/aromatic N) is 2. The minimum Gasteiger partial charge on any atom is -0.496 e. The van der Waals surface area contributed by atoms with Gasteiger partial charge in [0.1, 0.15) is 5.75 Å². The molecule has 0 radical (unpaired) electrons. The molecule has 1 saturated heterocycles. The summed E-state index contributed by atoms with van der Waals surface area (Å²) in [5.41, 5.74) is 1.13. The summed E-state index contributed by atoms with van der Waals surface area (Å²) >= 11 is 3.53. The number of methoxy groups -OCH3 is 1. The normalized spacial score (nSPS) is 17.0. The van der Waals surface area contributed by atoms with E-state index in [1.165, 1.54) is 0 Å². The smallest absolute Gasteiger partial charge is 0.191 e. The topological polar surface area (TPSA) is 58.1 Å². The Morgan fingerprint density at radius 1 is 1.30 bits per heavy atom. The molecule has 2 N–H and O–H groups in total. The van der Waals surface area contributed by atoms with Crippen molar-refractivity contribution in [2.45, 2.75) is 33.4 Å². The lowest BCUT2D eigenvalue weighted by atomic mass is 10.0. The molecule has 27 heavy (non-hydrogen) atoms. The molecule has 1 aromatic rings. The van der Waals surface area contributed by atoms with E-state index in [-0.39, 0.29) is 0 Å². The lowest BCUT2D eigenvalue weighted by Gasteiger charge is -2.37. The quantitative estimate of drug-likeness (QED) is 0.480. The molecular weight excluding hydrogens is 408 g/mol. The van der Waals surface area contributed by atoms with Crippen molar-refractivity contribution in [3.8, 4) is 5.75 Å². The maximum absolute atomic E-state index is 5.50. The van der Waals surface area contributed by atoms with Crippen molar-refractivity contribution in [3.63, 3.8) is 0 Å². The minimum atomic E-state index is 0.466. The molecule has 0 saturated carbocycles. The Morgan fingerprint density at radius 2 is 2.04 bits per heavy atom. The molecule has 1 aliphatic heterocycles. The third-order valence-corrected chi connectivity index (χ3v) is 5.36. The molecule has 1 fully saturated rings. The summed E-state index contributed by atoms with van der Waals surface area (Å²) in [5.74, 6) is 2.25. The van der Waals surface area contributed by atoms with Crippen molar-refractivity contribution < 1.29 is 9.47 Å².